The van der Waals surface area contributed by atoms with Crippen molar-refractivity contribution in [2.45, 2.75) is 51.4 Å². The zero-order valence-electron chi connectivity index (χ0n) is 14.7. The molecule has 0 bridgehead atoms. The number of carbonyl (C=O) groups is 1. The molecule has 0 N–H and O–H groups in total. The molecule has 0 radical (unpaired) electrons. The normalized spacial score (nSPS) is 10.5. The van der Waals surface area contributed by atoms with Crippen molar-refractivity contribution in [3.63, 3.8) is 0 Å². The van der Waals surface area contributed by atoms with Gasteiger partial charge in [-0.2, -0.15) is 0 Å². The van der Waals surface area contributed by atoms with E-state index in [2.05, 4.69) is 30.3 Å². The Hall–Kier alpha value is -2.09. The summed E-state index contributed by atoms with van der Waals surface area (Å²) in [6.07, 6.45) is 8.99. The van der Waals surface area contributed by atoms with Gasteiger partial charge < -0.3 is 4.74 Å². The van der Waals surface area contributed by atoms with Crippen LogP contribution in [0.1, 0.15) is 60.9 Å². The zero-order valence-corrected chi connectivity index (χ0v) is 14.7. The number of rotatable bonds is 11. The number of aryl methyl sites for hydroxylation is 1. The molecule has 0 aliphatic rings. The molecular formula is C22H28O2. The molecule has 0 spiro atoms. The maximum absolute atomic E-state index is 12.1. The fourth-order valence-electron chi connectivity index (χ4n) is 2.89. The van der Waals surface area contributed by atoms with Gasteiger partial charge in [-0.3, -0.25) is 4.79 Å². The number of carbonyl (C=O) groups excluding carboxylic acids is 1. The van der Waals surface area contributed by atoms with Gasteiger partial charge in [-0.05, 0) is 49.1 Å². The third kappa shape index (κ3) is 6.57. The third-order valence-electron chi connectivity index (χ3n) is 4.37. The first-order valence-electron chi connectivity index (χ1n) is 9.01. The van der Waals surface area contributed by atoms with E-state index in [1.165, 1.54) is 37.7 Å². The Morgan fingerprint density at radius 3 is 2.08 bits per heavy atom. The summed E-state index contributed by atoms with van der Waals surface area (Å²) in [4.78, 5) is 12.1. The Bertz CT molecular complexity index is 587. The Morgan fingerprint density at radius 2 is 1.42 bits per heavy atom. The smallest absolute Gasteiger partial charge is 0.162 e. The average Bonchev–Trinajstić information content (AvgIpc) is 2.64. The van der Waals surface area contributed by atoms with Gasteiger partial charge in [0.2, 0.25) is 0 Å². The van der Waals surface area contributed by atoms with Crippen LogP contribution in [0.15, 0.2) is 54.6 Å². The van der Waals surface area contributed by atoms with E-state index in [-0.39, 0.29) is 5.78 Å². The molecule has 0 amide bonds. The molecule has 2 aromatic carbocycles. The molecule has 0 atom stereocenters. The first-order chi connectivity index (χ1) is 11.8. The number of hydrogen-bond acceptors (Lipinski definition) is 2. The predicted octanol–water partition coefficient (Wildman–Crippen LogP) is 5.85. The molecular weight excluding hydrogens is 296 g/mol. The number of Topliss-reactive ketones (excluding diaryl/α,β-unsaturated/α-hetero) is 1. The predicted molar refractivity (Wildman–Crippen MR) is 99.8 cm³/mol. The minimum Gasteiger partial charge on any atom is -0.497 e. The van der Waals surface area contributed by atoms with E-state index in [1.54, 1.807) is 7.11 Å². The molecule has 0 saturated carbocycles. The fourth-order valence-corrected chi connectivity index (χ4v) is 2.89. The Kier molecular flexibility index (Phi) is 8.09. The maximum Gasteiger partial charge on any atom is 0.162 e. The van der Waals surface area contributed by atoms with Crippen LogP contribution in [0, 0.1) is 0 Å². The molecule has 0 aliphatic heterocycles. The molecule has 0 aliphatic carbocycles. The maximum atomic E-state index is 12.1. The Balaban J connectivity index is 1.50. The summed E-state index contributed by atoms with van der Waals surface area (Å²) in [7, 11) is 1.64. The van der Waals surface area contributed by atoms with Gasteiger partial charge in [0.1, 0.15) is 5.75 Å². The standard InChI is InChI=1S/C22H28O2/c1-24-21-17-15-20(16-18-21)22(23)14-10-5-3-2-4-7-11-19-12-8-6-9-13-19/h6,8-9,12-13,15-18H,2-5,7,10-11,14H2,1H3. The highest BCUT2D eigenvalue weighted by Gasteiger charge is 2.05. The van der Waals surface area contributed by atoms with Gasteiger partial charge in [-0.25, -0.2) is 0 Å². The van der Waals surface area contributed by atoms with Crippen LogP contribution in [0.3, 0.4) is 0 Å². The molecule has 0 fully saturated rings. The largest absolute Gasteiger partial charge is 0.497 e. The van der Waals surface area contributed by atoms with Gasteiger partial charge >= 0.3 is 0 Å². The summed E-state index contributed by atoms with van der Waals surface area (Å²) in [5.74, 6) is 1.03. The number of hydrogen-bond donors (Lipinski definition) is 0. The van der Waals surface area contributed by atoms with Gasteiger partial charge in [0.05, 0.1) is 7.11 Å². The lowest BCUT2D eigenvalue weighted by molar-refractivity contribution is 0.0979. The van der Waals surface area contributed by atoms with Gasteiger partial charge in [0.25, 0.3) is 0 Å². The third-order valence-corrected chi connectivity index (χ3v) is 4.37. The Morgan fingerprint density at radius 1 is 0.792 bits per heavy atom. The van der Waals surface area contributed by atoms with Crippen molar-refractivity contribution in [1.29, 1.82) is 0 Å². The van der Waals surface area contributed by atoms with E-state index in [0.717, 1.165) is 24.2 Å². The van der Waals surface area contributed by atoms with Crippen molar-refractivity contribution < 1.29 is 9.53 Å². The summed E-state index contributed by atoms with van der Waals surface area (Å²) < 4.78 is 5.11. The van der Waals surface area contributed by atoms with E-state index in [1.807, 2.05) is 24.3 Å². The quantitative estimate of drug-likeness (QED) is 0.383. The fraction of sp³-hybridized carbons (Fsp3) is 0.409. The minimum atomic E-state index is 0.238. The van der Waals surface area contributed by atoms with Crippen molar-refractivity contribution in [3.05, 3.63) is 65.7 Å². The summed E-state index contributed by atoms with van der Waals surface area (Å²) in [5, 5.41) is 0. The lowest BCUT2D eigenvalue weighted by Crippen LogP contribution is -1.98. The van der Waals surface area contributed by atoms with Crippen LogP contribution in [0.4, 0.5) is 0 Å². The monoisotopic (exact) mass is 324 g/mol. The second kappa shape index (κ2) is 10.6. The topological polar surface area (TPSA) is 26.3 Å². The molecule has 2 aromatic rings. The molecule has 2 rings (SSSR count). The molecule has 2 nitrogen and oxygen atoms in total. The minimum absolute atomic E-state index is 0.238. The molecule has 0 aromatic heterocycles. The summed E-state index contributed by atoms with van der Waals surface area (Å²) in [5.41, 5.74) is 2.22. The van der Waals surface area contributed by atoms with Crippen molar-refractivity contribution in [1.82, 2.24) is 0 Å². The van der Waals surface area contributed by atoms with Crippen molar-refractivity contribution in [3.8, 4) is 5.75 Å². The SMILES string of the molecule is COc1ccc(C(=O)CCCCCCCCc2ccccc2)cc1. The summed E-state index contributed by atoms with van der Waals surface area (Å²) in [6, 6.07) is 18.1. The van der Waals surface area contributed by atoms with E-state index in [4.69, 9.17) is 4.74 Å². The molecule has 0 saturated heterocycles. The molecule has 0 unspecified atom stereocenters. The van der Waals surface area contributed by atoms with Crippen LogP contribution in [0.2, 0.25) is 0 Å². The Labute approximate surface area is 145 Å². The lowest BCUT2D eigenvalue weighted by atomic mass is 10.0. The number of ketones is 1. The van der Waals surface area contributed by atoms with E-state index in [0.29, 0.717) is 6.42 Å². The van der Waals surface area contributed by atoms with Crippen molar-refractivity contribution in [2.75, 3.05) is 7.11 Å². The number of unbranched alkanes of at least 4 members (excludes halogenated alkanes) is 5. The van der Waals surface area contributed by atoms with Gasteiger partial charge in [0, 0.05) is 12.0 Å². The van der Waals surface area contributed by atoms with Crippen molar-refractivity contribution >= 4 is 5.78 Å². The van der Waals surface area contributed by atoms with Crippen molar-refractivity contribution in [2.24, 2.45) is 0 Å². The second-order valence-corrected chi connectivity index (χ2v) is 6.26. The van der Waals surface area contributed by atoms with Crippen LogP contribution in [-0.2, 0) is 6.42 Å². The molecule has 0 heterocycles. The highest BCUT2D eigenvalue weighted by molar-refractivity contribution is 5.96. The molecule has 2 heteroatoms. The molecule has 128 valence electrons. The van der Waals surface area contributed by atoms with Crippen LogP contribution >= 0.6 is 0 Å². The lowest BCUT2D eigenvalue weighted by Gasteiger charge is -2.04. The van der Waals surface area contributed by atoms with Gasteiger partial charge in [0.15, 0.2) is 5.78 Å². The average molecular weight is 324 g/mol. The van der Waals surface area contributed by atoms with Gasteiger partial charge in [-0.15, -0.1) is 0 Å². The summed E-state index contributed by atoms with van der Waals surface area (Å²) >= 11 is 0. The number of methoxy groups -OCH3 is 1. The number of benzene rings is 2. The van der Waals surface area contributed by atoms with Crippen LogP contribution < -0.4 is 4.74 Å². The molecule has 24 heavy (non-hydrogen) atoms. The van der Waals surface area contributed by atoms with Crippen LogP contribution in [0.5, 0.6) is 5.75 Å². The van der Waals surface area contributed by atoms with Crippen LogP contribution in [0.25, 0.3) is 0 Å². The van der Waals surface area contributed by atoms with E-state index in [9.17, 15) is 4.79 Å². The van der Waals surface area contributed by atoms with Crippen LogP contribution in [-0.4, -0.2) is 12.9 Å². The number of ether oxygens (including phenoxy) is 1. The first-order valence-corrected chi connectivity index (χ1v) is 9.01. The first kappa shape index (κ1) is 18.3. The van der Waals surface area contributed by atoms with E-state index < -0.39 is 0 Å². The highest BCUT2D eigenvalue weighted by atomic mass is 16.5. The van der Waals surface area contributed by atoms with Gasteiger partial charge in [-0.1, -0.05) is 56.0 Å². The summed E-state index contributed by atoms with van der Waals surface area (Å²) in [6.45, 7) is 0. The highest BCUT2D eigenvalue weighted by Crippen LogP contribution is 2.15. The van der Waals surface area contributed by atoms with E-state index >= 15 is 0 Å². The zero-order chi connectivity index (χ0) is 17.0. The second-order valence-electron chi connectivity index (χ2n) is 6.26.